The van der Waals surface area contributed by atoms with Crippen LogP contribution in [0.15, 0.2) is 70.1 Å². The zero-order chi connectivity index (χ0) is 28.1. The summed E-state index contributed by atoms with van der Waals surface area (Å²) in [6.45, 7) is -0.945. The van der Waals surface area contributed by atoms with Gasteiger partial charge < -0.3 is 10.8 Å². The number of nitrogens with two attached hydrogens (primary N) is 1. The van der Waals surface area contributed by atoms with E-state index in [4.69, 9.17) is 15.6 Å². The molecule has 3 rings (SSSR count). The normalized spacial score (nSPS) is 11.5. The van der Waals surface area contributed by atoms with Crippen molar-refractivity contribution in [2.24, 2.45) is 5.73 Å². The van der Waals surface area contributed by atoms with Crippen molar-refractivity contribution in [2.75, 3.05) is 12.8 Å². The van der Waals surface area contributed by atoms with Crippen molar-refractivity contribution < 1.29 is 44.7 Å². The molecule has 0 spiro atoms. The molecule has 0 saturated carbocycles. The zero-order valence-electron chi connectivity index (χ0n) is 18.7. The van der Waals surface area contributed by atoms with Crippen LogP contribution in [0.2, 0.25) is 0 Å². The highest BCUT2D eigenvalue weighted by Gasteiger charge is 2.38. The van der Waals surface area contributed by atoms with Crippen LogP contribution in [0, 0.1) is 5.82 Å². The number of carboxylic acid groups (broad SMARTS) is 1. The van der Waals surface area contributed by atoms with Gasteiger partial charge in [0.1, 0.15) is 12.1 Å². The third kappa shape index (κ3) is 7.53. The highest BCUT2D eigenvalue weighted by Crippen LogP contribution is 2.24. The molecule has 0 atom stereocenters. The number of halogens is 6. The minimum absolute atomic E-state index is 0.109. The predicted octanol–water partition coefficient (Wildman–Crippen LogP) is 2.99. The fourth-order valence-corrected chi connectivity index (χ4v) is 3.40. The number of alkyl halides is 3. The van der Waals surface area contributed by atoms with Crippen molar-refractivity contribution in [1.82, 2.24) is 14.3 Å². The maximum atomic E-state index is 14.7. The Bertz CT molecular complexity index is 1470. The van der Waals surface area contributed by atoms with Crippen LogP contribution in [-0.4, -0.2) is 52.8 Å². The average molecular weight is 552 g/mol. The van der Waals surface area contributed by atoms with Gasteiger partial charge in [-0.2, -0.15) is 27.1 Å². The summed E-state index contributed by atoms with van der Waals surface area (Å²) in [5.74, 6) is -3.50. The Balaban J connectivity index is 0.000000604. The number of benzene rings is 2. The van der Waals surface area contributed by atoms with Crippen LogP contribution in [-0.2, 0) is 21.2 Å². The van der Waals surface area contributed by atoms with Gasteiger partial charge >= 0.3 is 17.8 Å². The second kappa shape index (κ2) is 11.4. The number of hydrogen-bond acceptors (Lipinski definition) is 6. The lowest BCUT2D eigenvalue weighted by molar-refractivity contribution is -0.192. The Morgan fingerprint density at radius 3 is 2.05 bits per heavy atom. The molecule has 0 amide bonds. The molecular weight excluding hydrogens is 534 g/mol. The summed E-state index contributed by atoms with van der Waals surface area (Å²) in [4.78, 5) is 21.4. The first-order valence-corrected chi connectivity index (χ1v) is 11.7. The van der Waals surface area contributed by atoms with Gasteiger partial charge in [0.25, 0.3) is 6.08 Å². The number of nitrogens with zero attached hydrogens (tertiary/aromatic N) is 3. The van der Waals surface area contributed by atoms with E-state index < -0.39 is 58.2 Å². The quantitative estimate of drug-likeness (QED) is 0.449. The molecule has 0 radical (unpaired) electrons. The van der Waals surface area contributed by atoms with Crippen LogP contribution in [0.5, 0.6) is 0 Å². The Morgan fingerprint density at radius 1 is 1.08 bits per heavy atom. The summed E-state index contributed by atoms with van der Waals surface area (Å²) in [6.07, 6.45) is -4.95. The molecule has 200 valence electrons. The highest BCUT2D eigenvalue weighted by molar-refractivity contribution is 7.90. The molecule has 0 aliphatic rings. The van der Waals surface area contributed by atoms with Crippen molar-refractivity contribution >= 4 is 15.8 Å². The van der Waals surface area contributed by atoms with Gasteiger partial charge in [0.15, 0.2) is 9.84 Å². The third-order valence-corrected chi connectivity index (χ3v) is 5.78. The van der Waals surface area contributed by atoms with E-state index in [1.54, 1.807) is 18.2 Å². The number of aromatic nitrogens is 3. The minimum Gasteiger partial charge on any atom is -0.475 e. The lowest BCUT2D eigenvalue weighted by atomic mass is 10.1. The van der Waals surface area contributed by atoms with Gasteiger partial charge in [0.2, 0.25) is 0 Å². The molecule has 3 N–H and O–H groups in total. The molecule has 0 saturated heterocycles. The second-order valence-corrected chi connectivity index (χ2v) is 9.29. The third-order valence-electron chi connectivity index (χ3n) is 4.65. The van der Waals surface area contributed by atoms with Crippen molar-refractivity contribution in [1.29, 1.82) is 0 Å². The molecule has 37 heavy (non-hydrogen) atoms. The maximum Gasteiger partial charge on any atom is 0.490 e. The topological polar surface area (TPSA) is 137 Å². The second-order valence-electron chi connectivity index (χ2n) is 7.27. The Kier molecular flexibility index (Phi) is 9.05. The van der Waals surface area contributed by atoms with E-state index >= 15 is 0 Å². The molecule has 0 fully saturated rings. The van der Waals surface area contributed by atoms with Crippen molar-refractivity contribution in [2.45, 2.75) is 17.6 Å². The minimum atomic E-state index is -5.08. The van der Waals surface area contributed by atoms with Crippen LogP contribution in [0.4, 0.5) is 26.3 Å². The molecule has 3 aromatic rings. The number of carboxylic acids is 1. The summed E-state index contributed by atoms with van der Waals surface area (Å²) in [6, 6.07) is 9.99. The van der Waals surface area contributed by atoms with E-state index in [2.05, 4.69) is 5.10 Å². The Morgan fingerprint density at radius 2 is 1.62 bits per heavy atom. The molecule has 16 heteroatoms. The lowest BCUT2D eigenvalue weighted by Crippen LogP contribution is -2.26. The molecule has 9 nitrogen and oxygen atoms in total. The summed E-state index contributed by atoms with van der Waals surface area (Å²) in [5.41, 5.74) is 4.92. The van der Waals surface area contributed by atoms with Gasteiger partial charge in [0, 0.05) is 18.4 Å². The molecule has 0 aliphatic heterocycles. The molecule has 0 unspecified atom stereocenters. The van der Waals surface area contributed by atoms with Gasteiger partial charge in [0.05, 0.1) is 17.1 Å². The lowest BCUT2D eigenvalue weighted by Gasteiger charge is -2.07. The molecule has 1 heterocycles. The zero-order valence-corrected chi connectivity index (χ0v) is 19.5. The number of hydrogen-bond donors (Lipinski definition) is 2. The summed E-state index contributed by atoms with van der Waals surface area (Å²) < 4.78 is 96.7. The van der Waals surface area contributed by atoms with E-state index in [9.17, 15) is 39.6 Å². The first kappa shape index (κ1) is 29.3. The predicted molar refractivity (Wildman–Crippen MR) is 118 cm³/mol. The van der Waals surface area contributed by atoms with Gasteiger partial charge in [-0.15, -0.1) is 0 Å². The van der Waals surface area contributed by atoms with Crippen molar-refractivity contribution in [3.8, 4) is 16.8 Å². The van der Waals surface area contributed by atoms with E-state index in [1.807, 2.05) is 0 Å². The summed E-state index contributed by atoms with van der Waals surface area (Å²) in [5, 5.41) is 10.9. The smallest absolute Gasteiger partial charge is 0.475 e. The standard InChI is InChI=1S/C19H17F3N4O3S.C2HF3O2/c1-30(28,29)15-5-2-12(3-6-15)13-4-7-17(16(20)8-13)25-11-24-26(19(25)27)10-14(9-23)18(21)22;3-2(4,5)1(6)7/h2-8,11H,9-10,23H2,1H3;(H,6,7). The molecule has 0 bridgehead atoms. The maximum absolute atomic E-state index is 14.7. The summed E-state index contributed by atoms with van der Waals surface area (Å²) in [7, 11) is -3.35. The van der Waals surface area contributed by atoms with Crippen LogP contribution in [0.3, 0.4) is 0 Å². The van der Waals surface area contributed by atoms with Gasteiger partial charge in [-0.1, -0.05) is 18.2 Å². The highest BCUT2D eigenvalue weighted by atomic mass is 32.2. The van der Waals surface area contributed by atoms with Crippen LogP contribution < -0.4 is 11.4 Å². The first-order valence-electron chi connectivity index (χ1n) is 9.84. The molecule has 0 aliphatic carbocycles. The number of aliphatic carboxylic acids is 1. The molecule has 2 aromatic carbocycles. The fraction of sp³-hybridized carbons (Fsp3) is 0.190. The van der Waals surface area contributed by atoms with Gasteiger partial charge in [-0.3, -0.25) is 0 Å². The van der Waals surface area contributed by atoms with E-state index in [0.717, 1.165) is 21.8 Å². The van der Waals surface area contributed by atoms with Crippen LogP contribution >= 0.6 is 0 Å². The van der Waals surface area contributed by atoms with Crippen LogP contribution in [0.25, 0.3) is 16.8 Å². The molecule has 1 aromatic heterocycles. The van der Waals surface area contributed by atoms with E-state index in [1.165, 1.54) is 24.3 Å². The van der Waals surface area contributed by atoms with E-state index in [-0.39, 0.29) is 10.6 Å². The number of sulfone groups is 1. The van der Waals surface area contributed by atoms with E-state index in [0.29, 0.717) is 11.1 Å². The summed E-state index contributed by atoms with van der Waals surface area (Å²) >= 11 is 0. The SMILES string of the molecule is CS(=O)(=O)c1ccc(-c2ccc(-n3cnn(CC(CN)=C(F)F)c3=O)c(F)c2)cc1.O=C(O)C(F)(F)F. The van der Waals surface area contributed by atoms with Gasteiger partial charge in [-0.25, -0.2) is 31.6 Å². The first-order chi connectivity index (χ1) is 17.1. The number of rotatable bonds is 6. The van der Waals surface area contributed by atoms with Crippen molar-refractivity contribution in [3.63, 3.8) is 0 Å². The van der Waals surface area contributed by atoms with Gasteiger partial charge in [-0.05, 0) is 35.4 Å². The Labute approximate surface area is 205 Å². The fourth-order valence-electron chi connectivity index (χ4n) is 2.77. The monoisotopic (exact) mass is 552 g/mol. The van der Waals surface area contributed by atoms with Crippen LogP contribution in [0.1, 0.15) is 0 Å². The van der Waals surface area contributed by atoms with Crippen molar-refractivity contribution in [3.05, 3.63) is 76.7 Å². The largest absolute Gasteiger partial charge is 0.490 e. The molecular formula is C21H18F6N4O5S. The number of carbonyl (C=O) groups is 1. The average Bonchev–Trinajstić information content (AvgIpc) is 3.16. The Hall–Kier alpha value is -3.92.